The van der Waals surface area contributed by atoms with E-state index in [2.05, 4.69) is 20.4 Å². The Hall–Kier alpha value is -2.73. The molecule has 0 aromatic carbocycles. The van der Waals surface area contributed by atoms with Crippen molar-refractivity contribution in [2.45, 2.75) is 13.3 Å². The molecule has 1 amide bonds. The second-order valence-corrected chi connectivity index (χ2v) is 6.82. The molecule has 6 heteroatoms. The summed E-state index contributed by atoms with van der Waals surface area (Å²) in [6, 6.07) is 5.98. The number of nitrogens with zero attached hydrogens (tertiary/aromatic N) is 4. The number of hydrogen-bond donors (Lipinski definition) is 0. The molecule has 6 nitrogen and oxygen atoms in total. The van der Waals surface area contributed by atoms with Crippen LogP contribution < -0.4 is 0 Å². The topological polar surface area (TPSA) is 59.7 Å². The van der Waals surface area contributed by atoms with Crippen molar-refractivity contribution in [3.05, 3.63) is 66.0 Å². The molecule has 0 saturated carbocycles. The summed E-state index contributed by atoms with van der Waals surface area (Å²) in [4.78, 5) is 23.5. The van der Waals surface area contributed by atoms with Crippen molar-refractivity contribution < 1.29 is 9.53 Å². The van der Waals surface area contributed by atoms with Gasteiger partial charge in [0.15, 0.2) is 0 Å². The summed E-state index contributed by atoms with van der Waals surface area (Å²) >= 11 is 0. The zero-order valence-corrected chi connectivity index (χ0v) is 14.8. The van der Waals surface area contributed by atoms with Crippen molar-refractivity contribution in [1.29, 1.82) is 0 Å². The molecular formula is C20H22N4O2. The quantitative estimate of drug-likeness (QED) is 0.728. The summed E-state index contributed by atoms with van der Waals surface area (Å²) in [7, 11) is 0. The molecule has 1 atom stereocenters. The molecule has 0 bridgehead atoms. The third-order valence-electron chi connectivity index (χ3n) is 4.76. The van der Waals surface area contributed by atoms with E-state index in [0.717, 1.165) is 23.2 Å². The van der Waals surface area contributed by atoms with Crippen molar-refractivity contribution in [3.8, 4) is 0 Å². The number of pyridine rings is 1. The minimum atomic E-state index is 0.0190. The van der Waals surface area contributed by atoms with E-state index in [1.165, 1.54) is 0 Å². The number of amides is 1. The normalized spacial score (nSPS) is 18.0. The molecule has 134 valence electrons. The van der Waals surface area contributed by atoms with Crippen LogP contribution in [0.2, 0.25) is 0 Å². The van der Waals surface area contributed by atoms with Crippen LogP contribution in [0.5, 0.6) is 0 Å². The highest BCUT2D eigenvalue weighted by molar-refractivity contribution is 5.94. The van der Waals surface area contributed by atoms with Crippen LogP contribution in [0.1, 0.15) is 21.6 Å². The predicted octanol–water partition coefficient (Wildman–Crippen LogP) is 2.37. The summed E-state index contributed by atoms with van der Waals surface area (Å²) in [6.45, 7) is 4.41. The molecule has 26 heavy (non-hydrogen) atoms. The van der Waals surface area contributed by atoms with Crippen molar-refractivity contribution in [1.82, 2.24) is 19.3 Å². The van der Waals surface area contributed by atoms with E-state index in [9.17, 15) is 4.79 Å². The van der Waals surface area contributed by atoms with Crippen molar-refractivity contribution in [2.24, 2.45) is 5.92 Å². The van der Waals surface area contributed by atoms with E-state index >= 15 is 0 Å². The zero-order valence-electron chi connectivity index (χ0n) is 14.8. The monoisotopic (exact) mass is 350 g/mol. The Kier molecular flexibility index (Phi) is 4.67. The van der Waals surface area contributed by atoms with E-state index in [1.54, 1.807) is 12.4 Å². The Labute approximate surface area is 152 Å². The van der Waals surface area contributed by atoms with Crippen molar-refractivity contribution in [3.63, 3.8) is 0 Å². The minimum Gasteiger partial charge on any atom is -0.379 e. The van der Waals surface area contributed by atoms with Crippen LogP contribution >= 0.6 is 0 Å². The number of rotatable bonds is 3. The van der Waals surface area contributed by atoms with E-state index in [-0.39, 0.29) is 11.8 Å². The standard InChI is InChI=1S/C20H22N4O2/c1-15-9-17(12-21-11-15)20(25)24-7-8-26-14-16(13-24)10-18-19-3-2-5-23(19)6-4-22-18/h2-6,9,11-12,16H,7-8,10,13-14H2,1H3/t16-/m1/s1. The van der Waals surface area contributed by atoms with Crippen LogP contribution in [-0.4, -0.2) is 51.5 Å². The van der Waals surface area contributed by atoms with Gasteiger partial charge in [0.2, 0.25) is 0 Å². The lowest BCUT2D eigenvalue weighted by atomic mass is 10.0. The molecule has 4 rings (SSSR count). The first-order valence-corrected chi connectivity index (χ1v) is 8.90. The van der Waals surface area contributed by atoms with Crippen LogP contribution in [0, 0.1) is 12.8 Å². The van der Waals surface area contributed by atoms with Gasteiger partial charge in [0.1, 0.15) is 0 Å². The van der Waals surface area contributed by atoms with Gasteiger partial charge in [0.25, 0.3) is 5.91 Å². The summed E-state index contributed by atoms with van der Waals surface area (Å²) in [6.07, 6.45) is 9.97. The molecular weight excluding hydrogens is 328 g/mol. The lowest BCUT2D eigenvalue weighted by Gasteiger charge is -2.23. The minimum absolute atomic E-state index is 0.0190. The van der Waals surface area contributed by atoms with Crippen molar-refractivity contribution >= 4 is 11.4 Å². The largest absolute Gasteiger partial charge is 0.379 e. The van der Waals surface area contributed by atoms with Gasteiger partial charge in [-0.05, 0) is 37.1 Å². The molecule has 4 heterocycles. The highest BCUT2D eigenvalue weighted by atomic mass is 16.5. The Morgan fingerprint density at radius 3 is 3.15 bits per heavy atom. The van der Waals surface area contributed by atoms with Crippen molar-refractivity contribution in [2.75, 3.05) is 26.3 Å². The smallest absolute Gasteiger partial charge is 0.255 e. The third-order valence-corrected chi connectivity index (χ3v) is 4.76. The van der Waals surface area contributed by atoms with Gasteiger partial charge in [-0.25, -0.2) is 0 Å². The second kappa shape index (κ2) is 7.25. The third kappa shape index (κ3) is 3.46. The van der Waals surface area contributed by atoms with Gasteiger partial charge >= 0.3 is 0 Å². The van der Waals surface area contributed by atoms with E-state index in [0.29, 0.717) is 31.9 Å². The number of carbonyl (C=O) groups excluding carboxylic acids is 1. The maximum Gasteiger partial charge on any atom is 0.255 e. The average molecular weight is 350 g/mol. The predicted molar refractivity (Wildman–Crippen MR) is 98.1 cm³/mol. The van der Waals surface area contributed by atoms with E-state index in [4.69, 9.17) is 4.74 Å². The highest BCUT2D eigenvalue weighted by Gasteiger charge is 2.24. The van der Waals surface area contributed by atoms with Crippen LogP contribution in [0.15, 0.2) is 49.2 Å². The number of hydrogen-bond acceptors (Lipinski definition) is 4. The molecule has 1 aliphatic heterocycles. The average Bonchev–Trinajstić information content (AvgIpc) is 3.01. The van der Waals surface area contributed by atoms with Gasteiger partial charge in [0.05, 0.1) is 30.0 Å². The number of ether oxygens (including phenoxy) is 1. The Morgan fingerprint density at radius 2 is 2.27 bits per heavy atom. The number of fused-ring (bicyclic) bond motifs is 1. The van der Waals surface area contributed by atoms with Gasteiger partial charge in [-0.3, -0.25) is 14.8 Å². The molecule has 0 N–H and O–H groups in total. The molecule has 1 aliphatic rings. The Morgan fingerprint density at radius 1 is 1.35 bits per heavy atom. The van der Waals surface area contributed by atoms with Crippen LogP contribution in [0.3, 0.4) is 0 Å². The maximum atomic E-state index is 12.9. The fourth-order valence-corrected chi connectivity index (χ4v) is 3.50. The lowest BCUT2D eigenvalue weighted by molar-refractivity contribution is 0.0736. The zero-order chi connectivity index (χ0) is 17.9. The molecule has 3 aromatic heterocycles. The molecule has 1 fully saturated rings. The fraction of sp³-hybridized carbons (Fsp3) is 0.350. The maximum absolute atomic E-state index is 12.9. The SMILES string of the molecule is Cc1cncc(C(=O)N2CCOC[C@H](Cc3nccn4cccc34)C2)c1. The second-order valence-electron chi connectivity index (χ2n) is 6.82. The fourth-order valence-electron chi connectivity index (χ4n) is 3.50. The molecule has 0 aliphatic carbocycles. The van der Waals surface area contributed by atoms with E-state index < -0.39 is 0 Å². The lowest BCUT2D eigenvalue weighted by Crippen LogP contribution is -2.36. The first kappa shape index (κ1) is 16.7. The molecule has 0 spiro atoms. The molecule has 1 saturated heterocycles. The number of aromatic nitrogens is 3. The summed E-state index contributed by atoms with van der Waals surface area (Å²) in [5.41, 5.74) is 3.77. The Bertz CT molecular complexity index is 921. The first-order chi connectivity index (χ1) is 12.7. The van der Waals surface area contributed by atoms with Crippen LogP contribution in [-0.2, 0) is 11.2 Å². The summed E-state index contributed by atoms with van der Waals surface area (Å²) in [5.74, 6) is 0.235. The van der Waals surface area contributed by atoms with E-state index in [1.807, 2.05) is 42.5 Å². The number of aryl methyl sites for hydroxylation is 1. The van der Waals surface area contributed by atoms with Gasteiger partial charge < -0.3 is 14.0 Å². The van der Waals surface area contributed by atoms with Gasteiger partial charge in [-0.2, -0.15) is 0 Å². The summed E-state index contributed by atoms with van der Waals surface area (Å²) < 4.78 is 7.84. The molecule has 0 unspecified atom stereocenters. The highest BCUT2D eigenvalue weighted by Crippen LogP contribution is 2.18. The Balaban J connectivity index is 1.52. The van der Waals surface area contributed by atoms with Gasteiger partial charge in [-0.15, -0.1) is 0 Å². The van der Waals surface area contributed by atoms with Gasteiger partial charge in [0, 0.05) is 50.0 Å². The molecule has 3 aromatic rings. The summed E-state index contributed by atoms with van der Waals surface area (Å²) in [5, 5.41) is 0. The van der Waals surface area contributed by atoms with Crippen LogP contribution in [0.25, 0.3) is 5.52 Å². The molecule has 0 radical (unpaired) electrons. The van der Waals surface area contributed by atoms with Gasteiger partial charge in [-0.1, -0.05) is 0 Å². The van der Waals surface area contributed by atoms with Crippen LogP contribution in [0.4, 0.5) is 0 Å². The number of carbonyl (C=O) groups is 1. The first-order valence-electron chi connectivity index (χ1n) is 8.90.